The van der Waals surface area contributed by atoms with Crippen LogP contribution in [0.4, 0.5) is 0 Å². The van der Waals surface area contributed by atoms with E-state index in [0.29, 0.717) is 18.9 Å². The number of carbonyl (C=O) groups is 2. The van der Waals surface area contributed by atoms with Crippen LogP contribution in [-0.4, -0.2) is 51.3 Å². The van der Waals surface area contributed by atoms with Gasteiger partial charge in [-0.15, -0.1) is 11.3 Å². The highest BCUT2D eigenvalue weighted by molar-refractivity contribution is 7.13. The molecule has 2 aromatic heterocycles. The summed E-state index contributed by atoms with van der Waals surface area (Å²) in [6, 6.07) is 1.75. The number of thiazole rings is 1. The first-order valence-corrected chi connectivity index (χ1v) is 9.00. The molecular weight excluding hydrogens is 340 g/mol. The number of piperidine rings is 1. The normalized spacial score (nSPS) is 18.0. The summed E-state index contributed by atoms with van der Waals surface area (Å²) in [5, 5.41) is 5.56. The third-order valence-electron chi connectivity index (χ3n) is 4.01. The van der Waals surface area contributed by atoms with E-state index in [0.717, 1.165) is 30.1 Å². The molecule has 8 nitrogen and oxygen atoms in total. The smallest absolute Gasteiger partial charge is 0.231 e. The van der Waals surface area contributed by atoms with E-state index in [1.54, 1.807) is 18.5 Å². The van der Waals surface area contributed by atoms with Crippen molar-refractivity contribution in [2.45, 2.75) is 19.4 Å². The molecule has 0 radical (unpaired) electrons. The Morgan fingerprint density at radius 1 is 1.36 bits per heavy atom. The van der Waals surface area contributed by atoms with Crippen molar-refractivity contribution < 1.29 is 9.59 Å². The van der Waals surface area contributed by atoms with Gasteiger partial charge in [0.15, 0.2) is 10.8 Å². The summed E-state index contributed by atoms with van der Waals surface area (Å²) in [4.78, 5) is 38.1. The number of hydrogen-bond donors (Lipinski definition) is 2. The molecule has 0 spiro atoms. The van der Waals surface area contributed by atoms with Crippen LogP contribution in [0.25, 0.3) is 10.8 Å². The van der Waals surface area contributed by atoms with Gasteiger partial charge < -0.3 is 11.1 Å². The van der Waals surface area contributed by atoms with Crippen molar-refractivity contribution in [3.63, 3.8) is 0 Å². The summed E-state index contributed by atoms with van der Waals surface area (Å²) >= 11 is 1.45. The fraction of sp³-hybridized carbons (Fsp3) is 0.438. The maximum atomic E-state index is 12.4. The molecule has 3 N–H and O–H groups in total. The number of amides is 2. The van der Waals surface area contributed by atoms with E-state index < -0.39 is 0 Å². The molecule has 1 aliphatic rings. The van der Waals surface area contributed by atoms with Crippen LogP contribution in [0.2, 0.25) is 0 Å². The zero-order chi connectivity index (χ0) is 17.6. The van der Waals surface area contributed by atoms with E-state index in [1.807, 2.05) is 10.3 Å². The van der Waals surface area contributed by atoms with Crippen molar-refractivity contribution in [3.05, 3.63) is 29.5 Å². The number of primary amides is 1. The summed E-state index contributed by atoms with van der Waals surface area (Å²) < 4.78 is 0. The lowest BCUT2D eigenvalue weighted by Gasteiger charge is -2.30. The molecule has 0 aromatic carbocycles. The minimum Gasteiger partial charge on any atom is -0.369 e. The second-order valence-electron chi connectivity index (χ2n) is 5.97. The summed E-state index contributed by atoms with van der Waals surface area (Å²) in [6.45, 7) is 1.94. The third kappa shape index (κ3) is 4.80. The van der Waals surface area contributed by atoms with Gasteiger partial charge in [0.1, 0.15) is 0 Å². The quantitative estimate of drug-likeness (QED) is 0.771. The molecule has 1 atom stereocenters. The standard InChI is InChI=1S/C16H20N6O2S/c17-13(23)9-22-6-1-3-11(8-22)15(24)20-7-12-10-25-16(21-12)14-18-4-2-5-19-14/h2,4-5,10-11H,1,3,6-9H2,(H2,17,23)(H,20,24)/t11-/m0/s1. The van der Waals surface area contributed by atoms with Crippen molar-refractivity contribution in [1.29, 1.82) is 0 Å². The molecule has 1 saturated heterocycles. The average Bonchev–Trinajstić information content (AvgIpc) is 3.09. The lowest BCUT2D eigenvalue weighted by atomic mass is 9.97. The zero-order valence-corrected chi connectivity index (χ0v) is 14.5. The Balaban J connectivity index is 1.52. The van der Waals surface area contributed by atoms with Crippen LogP contribution in [0.15, 0.2) is 23.8 Å². The van der Waals surface area contributed by atoms with Crippen LogP contribution in [-0.2, 0) is 16.1 Å². The Morgan fingerprint density at radius 3 is 2.92 bits per heavy atom. The van der Waals surface area contributed by atoms with E-state index in [4.69, 9.17) is 5.73 Å². The van der Waals surface area contributed by atoms with E-state index in [9.17, 15) is 9.59 Å². The van der Waals surface area contributed by atoms with Gasteiger partial charge in [-0.3, -0.25) is 14.5 Å². The molecule has 9 heteroatoms. The molecule has 3 rings (SSSR count). The third-order valence-corrected chi connectivity index (χ3v) is 4.90. The molecule has 2 aromatic rings. The van der Waals surface area contributed by atoms with Crippen molar-refractivity contribution in [2.24, 2.45) is 11.7 Å². The van der Waals surface area contributed by atoms with Crippen molar-refractivity contribution in [3.8, 4) is 10.8 Å². The van der Waals surface area contributed by atoms with Gasteiger partial charge in [-0.1, -0.05) is 0 Å². The van der Waals surface area contributed by atoms with E-state index in [2.05, 4.69) is 20.3 Å². The molecular formula is C16H20N6O2S. The molecule has 25 heavy (non-hydrogen) atoms. The molecule has 1 aliphatic heterocycles. The highest BCUT2D eigenvalue weighted by Gasteiger charge is 2.26. The Morgan fingerprint density at radius 2 is 2.16 bits per heavy atom. The van der Waals surface area contributed by atoms with Crippen LogP contribution in [0.3, 0.4) is 0 Å². The van der Waals surface area contributed by atoms with Crippen LogP contribution in [0.5, 0.6) is 0 Å². The van der Waals surface area contributed by atoms with Crippen LogP contribution in [0.1, 0.15) is 18.5 Å². The zero-order valence-electron chi connectivity index (χ0n) is 13.7. The largest absolute Gasteiger partial charge is 0.369 e. The van der Waals surface area contributed by atoms with Gasteiger partial charge in [-0.25, -0.2) is 15.0 Å². The fourth-order valence-corrected chi connectivity index (χ4v) is 3.62. The van der Waals surface area contributed by atoms with Crippen molar-refractivity contribution >= 4 is 23.2 Å². The number of nitrogens with zero attached hydrogens (tertiary/aromatic N) is 4. The SMILES string of the molecule is NC(=O)CN1CCC[C@H](C(=O)NCc2csc(-c3ncccn3)n2)C1. The first-order chi connectivity index (χ1) is 12.1. The maximum absolute atomic E-state index is 12.4. The van der Waals surface area contributed by atoms with Gasteiger partial charge in [0.25, 0.3) is 0 Å². The average molecular weight is 360 g/mol. The van der Waals surface area contributed by atoms with Crippen molar-refractivity contribution in [2.75, 3.05) is 19.6 Å². The van der Waals surface area contributed by atoms with Gasteiger partial charge >= 0.3 is 0 Å². The van der Waals surface area contributed by atoms with Gasteiger partial charge in [0.2, 0.25) is 11.8 Å². The molecule has 132 valence electrons. The summed E-state index contributed by atoms with van der Waals surface area (Å²) in [5.41, 5.74) is 6.01. The summed E-state index contributed by atoms with van der Waals surface area (Å²) in [5.74, 6) is 0.0852. The molecule has 1 fully saturated rings. The highest BCUT2D eigenvalue weighted by Crippen LogP contribution is 2.20. The van der Waals surface area contributed by atoms with E-state index in [1.165, 1.54) is 11.3 Å². The Kier molecular flexibility index (Phi) is 5.67. The molecule has 0 saturated carbocycles. The predicted molar refractivity (Wildman–Crippen MR) is 93.3 cm³/mol. The number of nitrogens with one attached hydrogen (secondary N) is 1. The Hall–Kier alpha value is -2.39. The van der Waals surface area contributed by atoms with Crippen LogP contribution < -0.4 is 11.1 Å². The number of nitrogens with two attached hydrogens (primary N) is 1. The first-order valence-electron chi connectivity index (χ1n) is 8.12. The van der Waals surface area contributed by atoms with Gasteiger partial charge in [0.05, 0.1) is 24.7 Å². The number of aromatic nitrogens is 3. The number of likely N-dealkylation sites (tertiary alicyclic amines) is 1. The number of carbonyl (C=O) groups excluding carboxylic acids is 2. The topological polar surface area (TPSA) is 114 Å². The minimum absolute atomic E-state index is 0.0142. The summed E-state index contributed by atoms with van der Waals surface area (Å²) in [6.07, 6.45) is 5.05. The van der Waals surface area contributed by atoms with Crippen LogP contribution >= 0.6 is 11.3 Å². The predicted octanol–water partition coefficient (Wildman–Crippen LogP) is 0.414. The maximum Gasteiger partial charge on any atom is 0.231 e. The molecule has 0 bridgehead atoms. The van der Waals surface area contributed by atoms with Crippen molar-refractivity contribution in [1.82, 2.24) is 25.2 Å². The van der Waals surface area contributed by atoms with Gasteiger partial charge in [-0.05, 0) is 25.5 Å². The molecule has 2 amide bonds. The monoisotopic (exact) mass is 360 g/mol. The minimum atomic E-state index is -0.362. The fourth-order valence-electron chi connectivity index (χ4n) is 2.86. The first kappa shape index (κ1) is 17.4. The van der Waals surface area contributed by atoms with E-state index in [-0.39, 0.29) is 24.3 Å². The molecule has 0 aliphatic carbocycles. The Bertz CT molecular complexity index is 735. The second-order valence-corrected chi connectivity index (χ2v) is 6.83. The lowest BCUT2D eigenvalue weighted by molar-refractivity contribution is -0.128. The Labute approximate surface area is 149 Å². The van der Waals surface area contributed by atoms with Crippen LogP contribution in [0, 0.1) is 5.92 Å². The molecule has 0 unspecified atom stereocenters. The highest BCUT2D eigenvalue weighted by atomic mass is 32.1. The summed E-state index contributed by atoms with van der Waals surface area (Å²) in [7, 11) is 0. The number of rotatable bonds is 6. The lowest BCUT2D eigenvalue weighted by Crippen LogP contribution is -2.45. The van der Waals surface area contributed by atoms with Gasteiger partial charge in [0, 0.05) is 24.3 Å². The van der Waals surface area contributed by atoms with Gasteiger partial charge in [-0.2, -0.15) is 0 Å². The van der Waals surface area contributed by atoms with E-state index >= 15 is 0 Å². The molecule has 3 heterocycles. The number of hydrogen-bond acceptors (Lipinski definition) is 7. The second kappa shape index (κ2) is 8.13.